The van der Waals surface area contributed by atoms with Crippen LogP contribution in [0.2, 0.25) is 0 Å². The van der Waals surface area contributed by atoms with Crippen LogP contribution in [0, 0.1) is 0 Å². The van der Waals surface area contributed by atoms with Gasteiger partial charge in [0, 0.05) is 13.2 Å². The lowest BCUT2D eigenvalue weighted by Gasteiger charge is -1.95. The zero-order chi connectivity index (χ0) is 9.98. The summed E-state index contributed by atoms with van der Waals surface area (Å²) in [5.74, 6) is 0. The smallest absolute Gasteiger partial charge is 0.0533 e. The van der Waals surface area contributed by atoms with Crippen molar-refractivity contribution in [2.24, 2.45) is 0 Å². The summed E-state index contributed by atoms with van der Waals surface area (Å²) in [7, 11) is 0. The van der Waals surface area contributed by atoms with Gasteiger partial charge >= 0.3 is 0 Å². The Balaban J connectivity index is 0. The van der Waals surface area contributed by atoms with Crippen LogP contribution in [0.5, 0.6) is 0 Å². The van der Waals surface area contributed by atoms with Gasteiger partial charge in [0.05, 0.1) is 12.2 Å². The molecule has 4 nitrogen and oxygen atoms in total. The molecule has 0 heterocycles. The molecule has 4 heteroatoms. The molecule has 0 saturated heterocycles. The van der Waals surface area contributed by atoms with Crippen LogP contribution in [0.4, 0.5) is 0 Å². The second kappa shape index (κ2) is 10.8. The van der Waals surface area contributed by atoms with Crippen LogP contribution in [0.25, 0.3) is 0 Å². The topological polar surface area (TPSA) is 80.9 Å². The highest BCUT2D eigenvalue weighted by Gasteiger charge is 1.88. The maximum Gasteiger partial charge on any atom is 0.0533 e. The molecule has 0 spiro atoms. The Kier molecular flexibility index (Phi) is 13.0. The summed E-state index contributed by atoms with van der Waals surface area (Å²) in [6.07, 6.45) is 0.269. The summed E-state index contributed by atoms with van der Waals surface area (Å²) in [5, 5.41) is 32.9. The van der Waals surface area contributed by atoms with E-state index in [1.165, 1.54) is 0 Å². The summed E-state index contributed by atoms with van der Waals surface area (Å²) >= 11 is 0. The second-order valence-electron chi connectivity index (χ2n) is 2.72. The zero-order valence-corrected chi connectivity index (χ0v) is 7.77. The fraction of sp³-hybridized carbons (Fsp3) is 1.00. The van der Waals surface area contributed by atoms with E-state index in [0.717, 1.165) is 0 Å². The lowest BCUT2D eigenvalue weighted by molar-refractivity contribution is 0.148. The van der Waals surface area contributed by atoms with Gasteiger partial charge in [-0.25, -0.2) is 0 Å². The van der Waals surface area contributed by atoms with Crippen LogP contribution < -0.4 is 0 Å². The van der Waals surface area contributed by atoms with E-state index in [0.29, 0.717) is 12.8 Å². The van der Waals surface area contributed by atoms with E-state index in [4.69, 9.17) is 20.4 Å². The first-order chi connectivity index (χ1) is 5.54. The average Bonchev–Trinajstić information content (AvgIpc) is 1.87. The maximum atomic E-state index is 8.39. The molecule has 0 saturated carbocycles. The fourth-order valence-electron chi connectivity index (χ4n) is 0.374. The van der Waals surface area contributed by atoms with Crippen LogP contribution in [0.15, 0.2) is 0 Å². The molecule has 0 aromatic heterocycles. The lowest BCUT2D eigenvalue weighted by Crippen LogP contribution is -2.00. The minimum atomic E-state index is -0.352. The minimum Gasteiger partial charge on any atom is -0.396 e. The van der Waals surface area contributed by atoms with Crippen LogP contribution in [0.1, 0.15) is 26.7 Å². The quantitative estimate of drug-likeness (QED) is 0.470. The zero-order valence-electron chi connectivity index (χ0n) is 7.77. The molecule has 0 fully saturated rings. The highest BCUT2D eigenvalue weighted by molar-refractivity contribution is 4.41. The van der Waals surface area contributed by atoms with E-state index < -0.39 is 0 Å². The van der Waals surface area contributed by atoms with Gasteiger partial charge < -0.3 is 20.4 Å². The van der Waals surface area contributed by atoms with Gasteiger partial charge in [-0.2, -0.15) is 0 Å². The Morgan fingerprint density at radius 3 is 1.08 bits per heavy atom. The monoisotopic (exact) mass is 180 g/mol. The van der Waals surface area contributed by atoms with E-state index in [9.17, 15) is 0 Å². The highest BCUT2D eigenvalue weighted by atomic mass is 16.3. The van der Waals surface area contributed by atoms with E-state index in [-0.39, 0.29) is 25.4 Å². The molecule has 0 aromatic rings. The van der Waals surface area contributed by atoms with Gasteiger partial charge in [-0.15, -0.1) is 0 Å². The molecule has 76 valence electrons. The average molecular weight is 180 g/mol. The Morgan fingerprint density at radius 2 is 1.08 bits per heavy atom. The summed E-state index contributed by atoms with van der Waals surface area (Å²) < 4.78 is 0. The van der Waals surface area contributed by atoms with Gasteiger partial charge in [0.2, 0.25) is 0 Å². The molecule has 0 aromatic carbocycles. The molecule has 0 bridgehead atoms. The van der Waals surface area contributed by atoms with Gasteiger partial charge in [-0.1, -0.05) is 0 Å². The molecule has 0 aliphatic heterocycles. The second-order valence-corrected chi connectivity index (χ2v) is 2.72. The molecule has 0 rings (SSSR count). The number of hydrogen-bond donors (Lipinski definition) is 4. The summed E-state index contributed by atoms with van der Waals surface area (Å²) in [5.41, 5.74) is 0. The van der Waals surface area contributed by atoms with Crippen LogP contribution in [0.3, 0.4) is 0 Å². The lowest BCUT2D eigenvalue weighted by atomic mass is 10.3. The highest BCUT2D eigenvalue weighted by Crippen LogP contribution is 1.83. The van der Waals surface area contributed by atoms with Gasteiger partial charge in [0.15, 0.2) is 0 Å². The number of aliphatic hydroxyl groups is 4. The van der Waals surface area contributed by atoms with Crippen LogP contribution in [-0.2, 0) is 0 Å². The molecule has 0 aliphatic carbocycles. The van der Waals surface area contributed by atoms with Gasteiger partial charge in [-0.3, -0.25) is 0 Å². The molecule has 0 amide bonds. The number of hydrogen-bond acceptors (Lipinski definition) is 4. The summed E-state index contributed by atoms with van der Waals surface area (Å²) in [6, 6.07) is 0. The first kappa shape index (κ1) is 14.4. The van der Waals surface area contributed by atoms with Crippen LogP contribution in [-0.4, -0.2) is 45.8 Å². The third-order valence-corrected chi connectivity index (χ3v) is 1.09. The van der Waals surface area contributed by atoms with Gasteiger partial charge in [-0.05, 0) is 26.7 Å². The van der Waals surface area contributed by atoms with Crippen molar-refractivity contribution in [3.05, 3.63) is 0 Å². The Hall–Kier alpha value is -0.160. The third kappa shape index (κ3) is 22.5. The maximum absolute atomic E-state index is 8.39. The molecule has 2 unspecified atom stereocenters. The normalized spacial score (nSPS) is 14.5. The van der Waals surface area contributed by atoms with E-state index >= 15 is 0 Å². The summed E-state index contributed by atoms with van der Waals surface area (Å²) in [6.45, 7) is 3.46. The van der Waals surface area contributed by atoms with Gasteiger partial charge in [0.25, 0.3) is 0 Å². The largest absolute Gasteiger partial charge is 0.396 e. The van der Waals surface area contributed by atoms with Crippen molar-refractivity contribution < 1.29 is 20.4 Å². The van der Waals surface area contributed by atoms with Crippen molar-refractivity contribution in [2.45, 2.75) is 38.9 Å². The number of rotatable bonds is 4. The standard InChI is InChI=1S/2C4H10O2/c2*1-4(6)2-3-5/h2*4-6H,2-3H2,1H3. The van der Waals surface area contributed by atoms with Crippen molar-refractivity contribution in [1.29, 1.82) is 0 Å². The van der Waals surface area contributed by atoms with E-state index in [2.05, 4.69) is 0 Å². The summed E-state index contributed by atoms with van der Waals surface area (Å²) in [4.78, 5) is 0. The number of aliphatic hydroxyl groups excluding tert-OH is 4. The predicted molar refractivity (Wildman–Crippen MR) is 46.8 cm³/mol. The van der Waals surface area contributed by atoms with Crippen LogP contribution >= 0.6 is 0 Å². The SMILES string of the molecule is CC(O)CCO.CC(O)CCO. The molecule has 2 atom stereocenters. The van der Waals surface area contributed by atoms with Crippen molar-refractivity contribution >= 4 is 0 Å². The van der Waals surface area contributed by atoms with E-state index in [1.807, 2.05) is 0 Å². The fourth-order valence-corrected chi connectivity index (χ4v) is 0.374. The van der Waals surface area contributed by atoms with Crippen molar-refractivity contribution in [3.8, 4) is 0 Å². The van der Waals surface area contributed by atoms with Crippen molar-refractivity contribution in [3.63, 3.8) is 0 Å². The van der Waals surface area contributed by atoms with Crippen molar-refractivity contribution in [2.75, 3.05) is 13.2 Å². The first-order valence-electron chi connectivity index (χ1n) is 4.12. The molecule has 0 aliphatic rings. The minimum absolute atomic E-state index is 0.0810. The molecular formula is C8H20O4. The molecule has 4 N–H and O–H groups in total. The molecular weight excluding hydrogens is 160 g/mol. The van der Waals surface area contributed by atoms with Crippen molar-refractivity contribution in [1.82, 2.24) is 0 Å². The Labute approximate surface area is 73.5 Å². The predicted octanol–water partition coefficient (Wildman–Crippen LogP) is -0.501. The molecule has 12 heavy (non-hydrogen) atoms. The third-order valence-electron chi connectivity index (χ3n) is 1.09. The van der Waals surface area contributed by atoms with Gasteiger partial charge in [0.1, 0.15) is 0 Å². The first-order valence-corrected chi connectivity index (χ1v) is 4.12. The Bertz CT molecular complexity index is 63.5. The Morgan fingerprint density at radius 1 is 0.833 bits per heavy atom. The van der Waals surface area contributed by atoms with E-state index in [1.54, 1.807) is 13.8 Å². The molecule has 0 radical (unpaired) electrons.